The lowest BCUT2D eigenvalue weighted by Crippen LogP contribution is -2.06. The zero-order valence-corrected chi connectivity index (χ0v) is 9.73. The number of hydrogen-bond acceptors (Lipinski definition) is 2. The van der Waals surface area contributed by atoms with Crippen molar-refractivity contribution in [2.45, 2.75) is 13.3 Å². The van der Waals surface area contributed by atoms with E-state index in [1.165, 1.54) is 36.7 Å². The molecule has 0 saturated heterocycles. The highest BCUT2D eigenvalue weighted by atomic mass is 19.3. The summed E-state index contributed by atoms with van der Waals surface area (Å²) in [5.74, 6) is -0.406. The molecule has 2 rings (SSSR count). The number of nitrogens with zero attached hydrogens (tertiary/aromatic N) is 1. The fraction of sp³-hybridized carbons (Fsp3) is 0.143. The van der Waals surface area contributed by atoms with Gasteiger partial charge in [0.1, 0.15) is 0 Å². The van der Waals surface area contributed by atoms with Gasteiger partial charge in [0.25, 0.3) is 6.43 Å². The average molecular weight is 247 g/mol. The lowest BCUT2D eigenvalue weighted by Gasteiger charge is -2.09. The maximum Gasteiger partial charge on any atom is 0.264 e. The molecule has 0 spiro atoms. The number of carbonyl (C=O) groups excluding carboxylic acids is 1. The van der Waals surface area contributed by atoms with Crippen LogP contribution in [0.2, 0.25) is 0 Å². The van der Waals surface area contributed by atoms with Crippen molar-refractivity contribution in [2.75, 3.05) is 0 Å². The Balaban J connectivity index is 2.50. The molecule has 0 bridgehead atoms. The molecular formula is C14H11F2NO. The van der Waals surface area contributed by atoms with Gasteiger partial charge in [-0.3, -0.25) is 9.78 Å². The largest absolute Gasteiger partial charge is 0.289 e. The van der Waals surface area contributed by atoms with Crippen LogP contribution in [0.5, 0.6) is 0 Å². The van der Waals surface area contributed by atoms with E-state index in [1.807, 2.05) is 0 Å². The van der Waals surface area contributed by atoms with Gasteiger partial charge in [0.15, 0.2) is 5.78 Å². The van der Waals surface area contributed by atoms with Crippen LogP contribution in [0, 0.1) is 6.92 Å². The van der Waals surface area contributed by atoms with Gasteiger partial charge in [-0.1, -0.05) is 17.7 Å². The van der Waals surface area contributed by atoms with Gasteiger partial charge in [0.2, 0.25) is 0 Å². The normalized spacial score (nSPS) is 10.7. The molecule has 0 aliphatic rings. The van der Waals surface area contributed by atoms with Crippen molar-refractivity contribution in [3.63, 3.8) is 0 Å². The molecule has 4 heteroatoms. The summed E-state index contributed by atoms with van der Waals surface area (Å²) < 4.78 is 25.7. The molecule has 0 atom stereocenters. The third-order valence-corrected chi connectivity index (χ3v) is 2.63. The number of aryl methyl sites for hydroxylation is 1. The Morgan fingerprint density at radius 1 is 1.17 bits per heavy atom. The predicted octanol–water partition coefficient (Wildman–Crippen LogP) is 3.56. The number of halogens is 2. The van der Waals surface area contributed by atoms with Gasteiger partial charge in [0, 0.05) is 29.1 Å². The van der Waals surface area contributed by atoms with Gasteiger partial charge in [-0.25, -0.2) is 8.78 Å². The van der Waals surface area contributed by atoms with E-state index in [0.717, 1.165) is 5.56 Å². The molecule has 0 unspecified atom stereocenters. The van der Waals surface area contributed by atoms with Crippen molar-refractivity contribution in [1.29, 1.82) is 0 Å². The zero-order chi connectivity index (χ0) is 13.1. The van der Waals surface area contributed by atoms with E-state index in [-0.39, 0.29) is 11.1 Å². The molecule has 18 heavy (non-hydrogen) atoms. The zero-order valence-electron chi connectivity index (χ0n) is 9.73. The minimum absolute atomic E-state index is 0.0520. The van der Waals surface area contributed by atoms with Gasteiger partial charge in [-0.15, -0.1) is 0 Å². The summed E-state index contributed by atoms with van der Waals surface area (Å²) in [6.07, 6.45) is 0.266. The maximum absolute atomic E-state index is 12.9. The molecule has 1 aromatic heterocycles. The summed E-state index contributed by atoms with van der Waals surface area (Å²) in [4.78, 5) is 16.0. The highest BCUT2D eigenvalue weighted by Crippen LogP contribution is 2.25. The molecule has 0 fully saturated rings. The lowest BCUT2D eigenvalue weighted by atomic mass is 9.97. The molecule has 1 heterocycles. The monoisotopic (exact) mass is 247 g/mol. The van der Waals surface area contributed by atoms with Crippen LogP contribution in [0.4, 0.5) is 8.78 Å². The Bertz CT molecular complexity index is 567. The minimum Gasteiger partial charge on any atom is -0.289 e. The van der Waals surface area contributed by atoms with E-state index < -0.39 is 12.2 Å². The predicted molar refractivity (Wildman–Crippen MR) is 63.8 cm³/mol. The van der Waals surface area contributed by atoms with E-state index in [9.17, 15) is 13.6 Å². The van der Waals surface area contributed by atoms with Crippen LogP contribution in [0.1, 0.15) is 33.5 Å². The fourth-order valence-corrected chi connectivity index (χ4v) is 1.72. The Labute approximate surface area is 103 Å². The van der Waals surface area contributed by atoms with E-state index in [2.05, 4.69) is 4.98 Å². The quantitative estimate of drug-likeness (QED) is 0.776. The van der Waals surface area contributed by atoms with Crippen LogP contribution in [0.15, 0.2) is 42.7 Å². The third-order valence-electron chi connectivity index (χ3n) is 2.63. The molecule has 0 N–H and O–H groups in total. The number of aromatic nitrogens is 1. The van der Waals surface area contributed by atoms with Crippen LogP contribution in [0.25, 0.3) is 0 Å². The Kier molecular flexibility index (Phi) is 3.46. The third kappa shape index (κ3) is 2.42. The summed E-state index contributed by atoms with van der Waals surface area (Å²) in [5.41, 5.74) is 0.952. The van der Waals surface area contributed by atoms with Gasteiger partial charge >= 0.3 is 0 Å². The lowest BCUT2D eigenvalue weighted by molar-refractivity contribution is 0.102. The van der Waals surface area contributed by atoms with Crippen LogP contribution >= 0.6 is 0 Å². The first kappa shape index (κ1) is 12.4. The molecule has 1 aromatic carbocycles. The smallest absolute Gasteiger partial charge is 0.264 e. The van der Waals surface area contributed by atoms with Crippen LogP contribution in [-0.4, -0.2) is 10.8 Å². The van der Waals surface area contributed by atoms with Crippen molar-refractivity contribution < 1.29 is 13.6 Å². The summed E-state index contributed by atoms with van der Waals surface area (Å²) in [5, 5.41) is 0. The summed E-state index contributed by atoms with van der Waals surface area (Å²) >= 11 is 0. The SMILES string of the molecule is Cc1ccc(C(F)F)c(C(=O)c2ccncc2)c1. The standard InChI is InChI=1S/C14H11F2NO/c1-9-2-3-11(14(15)16)12(8-9)13(18)10-4-6-17-7-5-10/h2-8,14H,1H3. The van der Waals surface area contributed by atoms with Crippen molar-refractivity contribution >= 4 is 5.78 Å². The second-order valence-electron chi connectivity index (χ2n) is 3.96. The molecule has 0 aliphatic carbocycles. The van der Waals surface area contributed by atoms with E-state index in [1.54, 1.807) is 13.0 Å². The number of alkyl halides is 2. The molecule has 2 nitrogen and oxygen atoms in total. The number of carbonyl (C=O) groups is 1. The molecule has 0 amide bonds. The van der Waals surface area contributed by atoms with Crippen molar-refractivity contribution in [3.8, 4) is 0 Å². The van der Waals surface area contributed by atoms with Crippen molar-refractivity contribution in [2.24, 2.45) is 0 Å². The van der Waals surface area contributed by atoms with Crippen LogP contribution < -0.4 is 0 Å². The number of rotatable bonds is 3. The van der Waals surface area contributed by atoms with Crippen LogP contribution in [0.3, 0.4) is 0 Å². The highest BCUT2D eigenvalue weighted by Gasteiger charge is 2.19. The maximum atomic E-state index is 12.9. The second-order valence-corrected chi connectivity index (χ2v) is 3.96. The number of pyridine rings is 1. The number of benzene rings is 1. The van der Waals surface area contributed by atoms with E-state index >= 15 is 0 Å². The van der Waals surface area contributed by atoms with Crippen LogP contribution in [-0.2, 0) is 0 Å². The summed E-state index contributed by atoms with van der Waals surface area (Å²) in [6.45, 7) is 1.76. The number of hydrogen-bond donors (Lipinski definition) is 0. The Morgan fingerprint density at radius 2 is 1.83 bits per heavy atom. The Hall–Kier alpha value is -2.10. The van der Waals surface area contributed by atoms with Gasteiger partial charge in [0.05, 0.1) is 0 Å². The first-order valence-corrected chi connectivity index (χ1v) is 5.43. The topological polar surface area (TPSA) is 30.0 Å². The Morgan fingerprint density at radius 3 is 2.44 bits per heavy atom. The molecule has 0 radical (unpaired) electrons. The molecule has 0 saturated carbocycles. The summed E-state index contributed by atoms with van der Waals surface area (Å²) in [7, 11) is 0. The first-order valence-electron chi connectivity index (χ1n) is 5.43. The molecule has 0 aliphatic heterocycles. The number of ketones is 1. The second kappa shape index (κ2) is 5.04. The molecule has 2 aromatic rings. The minimum atomic E-state index is -2.66. The van der Waals surface area contributed by atoms with Gasteiger partial charge in [-0.05, 0) is 25.1 Å². The fourth-order valence-electron chi connectivity index (χ4n) is 1.72. The van der Waals surface area contributed by atoms with Crippen molar-refractivity contribution in [1.82, 2.24) is 4.98 Å². The molecular weight excluding hydrogens is 236 g/mol. The average Bonchev–Trinajstić information content (AvgIpc) is 2.38. The highest BCUT2D eigenvalue weighted by molar-refractivity contribution is 6.10. The van der Waals surface area contributed by atoms with Gasteiger partial charge < -0.3 is 0 Å². The van der Waals surface area contributed by atoms with E-state index in [0.29, 0.717) is 5.56 Å². The first-order chi connectivity index (χ1) is 8.59. The molecule has 92 valence electrons. The van der Waals surface area contributed by atoms with E-state index in [4.69, 9.17) is 0 Å². The van der Waals surface area contributed by atoms with Crippen molar-refractivity contribution in [3.05, 3.63) is 65.0 Å². The van der Waals surface area contributed by atoms with Gasteiger partial charge in [-0.2, -0.15) is 0 Å². The summed E-state index contributed by atoms with van der Waals surface area (Å²) in [6, 6.07) is 7.39.